The Labute approximate surface area is 223 Å². The Bertz CT molecular complexity index is 1670. The zero-order chi connectivity index (χ0) is 27.7. The largest absolute Gasteiger partial charge is 0.490 e. The standard InChI is InChI=1S/C30H25NO8/c1-4-17(3)31-28(33)20-12-10-18(14-22(20)29(31)34)30(35)38-19-11-13-21-25(15-19)37-16-26(27(21)32)39-24-9-7-6-8-23(24)36-5-2/h6-17H,4-5H2,1-3H3. The fourth-order valence-electron chi connectivity index (χ4n) is 4.29. The van der Waals surface area contributed by atoms with Crippen molar-refractivity contribution < 1.29 is 33.0 Å². The van der Waals surface area contributed by atoms with Crippen LogP contribution in [-0.2, 0) is 0 Å². The minimum Gasteiger partial charge on any atom is -0.490 e. The number of rotatable bonds is 8. The predicted molar refractivity (Wildman–Crippen MR) is 142 cm³/mol. The summed E-state index contributed by atoms with van der Waals surface area (Å²) >= 11 is 0. The SMILES string of the molecule is CCOc1ccccc1Oc1coc2cc(OC(=O)c3ccc4c(c3)C(=O)N(C(C)CC)C4=O)ccc2c1=O. The summed E-state index contributed by atoms with van der Waals surface area (Å²) in [6, 6.07) is 15.3. The summed E-state index contributed by atoms with van der Waals surface area (Å²) in [5, 5.41) is 0.230. The van der Waals surface area contributed by atoms with E-state index in [4.69, 9.17) is 18.6 Å². The molecule has 3 aromatic carbocycles. The molecule has 9 nitrogen and oxygen atoms in total. The molecule has 0 spiro atoms. The number of fused-ring (bicyclic) bond motifs is 2. The van der Waals surface area contributed by atoms with Crippen molar-refractivity contribution in [2.75, 3.05) is 6.61 Å². The van der Waals surface area contributed by atoms with Gasteiger partial charge in [0, 0.05) is 12.1 Å². The van der Waals surface area contributed by atoms with Gasteiger partial charge in [0.05, 0.1) is 28.7 Å². The van der Waals surface area contributed by atoms with Crippen molar-refractivity contribution in [1.82, 2.24) is 4.90 Å². The number of amides is 2. The quantitative estimate of drug-likeness (QED) is 0.165. The van der Waals surface area contributed by atoms with E-state index < -0.39 is 17.3 Å². The van der Waals surface area contributed by atoms with Crippen LogP contribution in [0.4, 0.5) is 0 Å². The van der Waals surface area contributed by atoms with E-state index in [1.54, 1.807) is 31.2 Å². The van der Waals surface area contributed by atoms with Crippen LogP contribution in [0.2, 0.25) is 0 Å². The summed E-state index contributed by atoms with van der Waals surface area (Å²) in [4.78, 5) is 52.5. The van der Waals surface area contributed by atoms with Crippen molar-refractivity contribution >= 4 is 28.8 Å². The van der Waals surface area contributed by atoms with E-state index in [9.17, 15) is 19.2 Å². The lowest BCUT2D eigenvalue weighted by Crippen LogP contribution is -2.37. The van der Waals surface area contributed by atoms with Gasteiger partial charge in [-0.25, -0.2) is 4.79 Å². The molecule has 39 heavy (non-hydrogen) atoms. The average Bonchev–Trinajstić information content (AvgIpc) is 3.19. The molecular weight excluding hydrogens is 502 g/mol. The van der Waals surface area contributed by atoms with E-state index in [0.29, 0.717) is 24.5 Å². The number of para-hydroxylation sites is 2. The van der Waals surface area contributed by atoms with Gasteiger partial charge in [-0.3, -0.25) is 19.3 Å². The molecule has 0 fully saturated rings. The number of hydrogen-bond acceptors (Lipinski definition) is 8. The Morgan fingerprint density at radius 3 is 2.38 bits per heavy atom. The lowest BCUT2D eigenvalue weighted by atomic mass is 10.1. The summed E-state index contributed by atoms with van der Waals surface area (Å²) < 4.78 is 22.4. The van der Waals surface area contributed by atoms with Crippen LogP contribution in [-0.4, -0.2) is 35.3 Å². The second kappa shape index (κ2) is 10.4. The van der Waals surface area contributed by atoms with Crippen molar-refractivity contribution in [1.29, 1.82) is 0 Å². The number of hydrogen-bond donors (Lipinski definition) is 0. The maximum atomic E-state index is 13.0. The molecule has 2 heterocycles. The Balaban J connectivity index is 1.36. The van der Waals surface area contributed by atoms with Crippen LogP contribution in [0, 0.1) is 0 Å². The molecule has 1 aliphatic rings. The first kappa shape index (κ1) is 25.7. The maximum Gasteiger partial charge on any atom is 0.343 e. The minimum atomic E-state index is -0.728. The molecule has 1 aromatic heterocycles. The number of imide groups is 1. The highest BCUT2D eigenvalue weighted by Crippen LogP contribution is 2.31. The topological polar surface area (TPSA) is 112 Å². The third-order valence-corrected chi connectivity index (χ3v) is 6.48. The number of ether oxygens (including phenoxy) is 3. The van der Waals surface area contributed by atoms with Crippen LogP contribution in [0.5, 0.6) is 23.0 Å². The van der Waals surface area contributed by atoms with Gasteiger partial charge in [-0.05, 0) is 62.7 Å². The lowest BCUT2D eigenvalue weighted by molar-refractivity contribution is 0.0593. The molecule has 0 aliphatic carbocycles. The van der Waals surface area contributed by atoms with Crippen molar-refractivity contribution in [3.8, 4) is 23.0 Å². The summed E-state index contributed by atoms with van der Waals surface area (Å²) in [5.41, 5.74) is 0.311. The van der Waals surface area contributed by atoms with Gasteiger partial charge in [-0.2, -0.15) is 0 Å². The highest BCUT2D eigenvalue weighted by atomic mass is 16.5. The van der Waals surface area contributed by atoms with Gasteiger partial charge >= 0.3 is 5.97 Å². The second-order valence-electron chi connectivity index (χ2n) is 8.96. The first-order valence-electron chi connectivity index (χ1n) is 12.5. The van der Waals surface area contributed by atoms with Crippen LogP contribution in [0.3, 0.4) is 0 Å². The Hall–Kier alpha value is -4.92. The van der Waals surface area contributed by atoms with Crippen molar-refractivity contribution in [2.24, 2.45) is 0 Å². The highest BCUT2D eigenvalue weighted by molar-refractivity contribution is 6.22. The number of carbonyl (C=O) groups excluding carboxylic acids is 3. The third-order valence-electron chi connectivity index (χ3n) is 6.48. The molecule has 5 rings (SSSR count). The molecule has 0 N–H and O–H groups in total. The van der Waals surface area contributed by atoms with E-state index in [0.717, 1.165) is 0 Å². The summed E-state index contributed by atoms with van der Waals surface area (Å²) in [7, 11) is 0. The van der Waals surface area contributed by atoms with Gasteiger partial charge in [0.2, 0.25) is 11.2 Å². The fraction of sp³-hybridized carbons (Fsp3) is 0.200. The van der Waals surface area contributed by atoms with Crippen molar-refractivity contribution in [3.05, 3.63) is 93.8 Å². The van der Waals surface area contributed by atoms with Crippen LogP contribution in [0.15, 0.2) is 76.1 Å². The van der Waals surface area contributed by atoms with Crippen LogP contribution >= 0.6 is 0 Å². The molecule has 1 unspecified atom stereocenters. The third kappa shape index (κ3) is 4.74. The molecule has 0 saturated carbocycles. The molecule has 9 heteroatoms. The Kier molecular flexibility index (Phi) is 6.89. The fourth-order valence-corrected chi connectivity index (χ4v) is 4.29. The van der Waals surface area contributed by atoms with Crippen LogP contribution < -0.4 is 19.6 Å². The van der Waals surface area contributed by atoms with Gasteiger partial charge in [0.1, 0.15) is 17.6 Å². The monoisotopic (exact) mass is 527 g/mol. The zero-order valence-corrected chi connectivity index (χ0v) is 21.6. The highest BCUT2D eigenvalue weighted by Gasteiger charge is 2.38. The average molecular weight is 528 g/mol. The first-order chi connectivity index (χ1) is 18.8. The van der Waals surface area contributed by atoms with E-state index in [1.165, 1.54) is 47.6 Å². The van der Waals surface area contributed by atoms with Crippen molar-refractivity contribution in [3.63, 3.8) is 0 Å². The Morgan fingerprint density at radius 2 is 1.64 bits per heavy atom. The number of esters is 1. The summed E-state index contributed by atoms with van der Waals surface area (Å²) in [6.45, 7) is 5.96. The molecule has 2 amide bonds. The van der Waals surface area contributed by atoms with Crippen LogP contribution in [0.1, 0.15) is 58.3 Å². The lowest BCUT2D eigenvalue weighted by Gasteiger charge is -2.20. The normalized spacial score (nSPS) is 13.4. The van der Waals surface area contributed by atoms with Gasteiger partial charge in [-0.15, -0.1) is 0 Å². The second-order valence-corrected chi connectivity index (χ2v) is 8.96. The number of carbonyl (C=O) groups is 3. The smallest absolute Gasteiger partial charge is 0.343 e. The molecule has 4 aromatic rings. The number of benzene rings is 3. The summed E-state index contributed by atoms with van der Waals surface area (Å²) in [6.07, 6.45) is 1.80. The van der Waals surface area contributed by atoms with E-state index in [-0.39, 0.29) is 51.1 Å². The van der Waals surface area contributed by atoms with Crippen LogP contribution in [0.25, 0.3) is 11.0 Å². The van der Waals surface area contributed by atoms with Gasteiger partial charge in [0.15, 0.2) is 11.5 Å². The zero-order valence-electron chi connectivity index (χ0n) is 21.6. The number of nitrogens with zero attached hydrogens (tertiary/aromatic N) is 1. The molecule has 1 atom stereocenters. The first-order valence-corrected chi connectivity index (χ1v) is 12.5. The predicted octanol–water partition coefficient (Wildman–Crippen LogP) is 5.60. The molecular formula is C30H25NO8. The molecule has 0 saturated heterocycles. The van der Waals surface area contributed by atoms with Gasteiger partial charge in [-0.1, -0.05) is 19.1 Å². The molecule has 1 aliphatic heterocycles. The van der Waals surface area contributed by atoms with E-state index in [1.807, 2.05) is 13.8 Å². The molecule has 0 bridgehead atoms. The molecule has 0 radical (unpaired) electrons. The molecule has 198 valence electrons. The van der Waals surface area contributed by atoms with E-state index in [2.05, 4.69) is 0 Å². The maximum absolute atomic E-state index is 13.0. The van der Waals surface area contributed by atoms with Gasteiger partial charge in [0.25, 0.3) is 11.8 Å². The van der Waals surface area contributed by atoms with Crippen molar-refractivity contribution in [2.45, 2.75) is 33.2 Å². The summed E-state index contributed by atoms with van der Waals surface area (Å²) in [5.74, 6) is -0.565. The van der Waals surface area contributed by atoms with E-state index >= 15 is 0 Å². The Morgan fingerprint density at radius 1 is 0.897 bits per heavy atom. The van der Waals surface area contributed by atoms with Gasteiger partial charge < -0.3 is 18.6 Å². The minimum absolute atomic E-state index is 0.0248.